The Morgan fingerprint density at radius 1 is 1.19 bits per heavy atom. The largest absolute Gasteiger partial charge is 0.467 e. The van der Waals surface area contributed by atoms with Gasteiger partial charge in [-0.2, -0.15) is 0 Å². The Balaban J connectivity index is 3.08. The molecule has 7 nitrogen and oxygen atoms in total. The minimum Gasteiger partial charge on any atom is -0.467 e. The van der Waals surface area contributed by atoms with Crippen LogP contribution in [0.5, 0.6) is 0 Å². The average molecular weight is 380 g/mol. The van der Waals surface area contributed by atoms with Crippen molar-refractivity contribution in [2.75, 3.05) is 20.2 Å². The van der Waals surface area contributed by atoms with Crippen molar-refractivity contribution in [1.82, 2.24) is 10.6 Å². The summed E-state index contributed by atoms with van der Waals surface area (Å²) in [7, 11) is 1.24. The first-order chi connectivity index (χ1) is 13.7. The van der Waals surface area contributed by atoms with Crippen molar-refractivity contribution >= 4 is 17.8 Å². The van der Waals surface area contributed by atoms with Crippen LogP contribution in [-0.4, -0.2) is 50.2 Å². The second-order valence-corrected chi connectivity index (χ2v) is 6.45. The first kappa shape index (κ1) is 19.4. The summed E-state index contributed by atoms with van der Waals surface area (Å²) >= 11 is 0. The first-order valence-corrected chi connectivity index (χ1v) is 8.99. The molecule has 1 aromatic carbocycles. The second-order valence-electron chi connectivity index (χ2n) is 6.45. The Labute approximate surface area is 163 Å². The summed E-state index contributed by atoms with van der Waals surface area (Å²) < 4.78 is 25.8. The van der Waals surface area contributed by atoms with Gasteiger partial charge in [0.05, 0.1) is 27.7 Å². The molecule has 0 bridgehead atoms. The maximum Gasteiger partial charge on any atom is 0.328 e. The van der Waals surface area contributed by atoms with Gasteiger partial charge in [0.25, 0.3) is 0 Å². The molecule has 1 amide bonds. The van der Waals surface area contributed by atoms with Gasteiger partial charge in [-0.15, -0.1) is 0 Å². The molecule has 0 aliphatic carbocycles. The van der Waals surface area contributed by atoms with Gasteiger partial charge in [-0.3, -0.25) is 14.9 Å². The molecule has 2 N–H and O–H groups in total. The average Bonchev–Trinajstić information content (AvgIpc) is 2.70. The number of carbonyl (C=O) groups excluding carboxylic acids is 3. The van der Waals surface area contributed by atoms with Gasteiger partial charge < -0.3 is 14.8 Å². The van der Waals surface area contributed by atoms with E-state index in [1.807, 2.05) is 19.9 Å². The van der Waals surface area contributed by atoms with E-state index in [2.05, 4.69) is 5.32 Å². The van der Waals surface area contributed by atoms with Crippen molar-refractivity contribution in [2.24, 2.45) is 5.92 Å². The fourth-order valence-electron chi connectivity index (χ4n) is 2.48. The van der Waals surface area contributed by atoms with Gasteiger partial charge in [0.15, 0.2) is 0 Å². The molecule has 27 heavy (non-hydrogen) atoms. The number of rotatable bonds is 11. The summed E-state index contributed by atoms with van der Waals surface area (Å²) in [5, 5.41) is 3.22. The molecular weight excluding hydrogens is 348 g/mol. The molecule has 0 saturated heterocycles. The third-order valence-corrected chi connectivity index (χ3v) is 3.73. The minimum atomic E-state index is -1.70. The lowest BCUT2D eigenvalue weighted by atomic mass is 10.0. The zero-order valence-electron chi connectivity index (χ0n) is 18.3. The molecule has 0 aliphatic rings. The first-order valence-electron chi connectivity index (χ1n) is 10.0. The van der Waals surface area contributed by atoms with Crippen LogP contribution in [0.25, 0.3) is 0 Å². The lowest BCUT2D eigenvalue weighted by Crippen LogP contribution is -2.52. The number of methoxy groups -OCH3 is 1. The van der Waals surface area contributed by atoms with Crippen LogP contribution >= 0.6 is 0 Å². The van der Waals surface area contributed by atoms with Gasteiger partial charge in [0, 0.05) is 0 Å². The third-order valence-electron chi connectivity index (χ3n) is 3.73. The SMILES string of the molecule is [2H]C(C(=O)OCC)N([2H])[C@@H](Cc1ccccc1)C(=O)N[C@@H](CC(C)C)C(=O)OC. The highest BCUT2D eigenvalue weighted by Gasteiger charge is 2.27. The maximum absolute atomic E-state index is 13.0. The molecule has 0 heterocycles. The fourth-order valence-corrected chi connectivity index (χ4v) is 2.48. The Kier molecular flexibility index (Phi) is 8.65. The van der Waals surface area contributed by atoms with E-state index >= 15 is 0 Å². The molecule has 1 aromatic rings. The molecule has 0 aliphatic heterocycles. The number of amides is 1. The van der Waals surface area contributed by atoms with Crippen LogP contribution in [0.15, 0.2) is 30.3 Å². The summed E-state index contributed by atoms with van der Waals surface area (Å²) in [4.78, 5) is 36.9. The number of hydrogen-bond donors (Lipinski definition) is 2. The molecule has 7 heteroatoms. The van der Waals surface area contributed by atoms with Gasteiger partial charge in [0.1, 0.15) is 7.45 Å². The number of hydrogen-bond acceptors (Lipinski definition) is 6. The molecule has 0 radical (unpaired) electrons. The molecule has 1 unspecified atom stereocenters. The minimum absolute atomic E-state index is 0.0659. The normalized spacial score (nSPS) is 15.3. The van der Waals surface area contributed by atoms with E-state index < -0.39 is 36.5 Å². The molecule has 1 rings (SSSR count). The van der Waals surface area contributed by atoms with Crippen LogP contribution in [0.3, 0.4) is 0 Å². The van der Waals surface area contributed by atoms with Gasteiger partial charge >= 0.3 is 11.9 Å². The van der Waals surface area contributed by atoms with E-state index in [9.17, 15) is 14.4 Å². The van der Waals surface area contributed by atoms with Crippen LogP contribution < -0.4 is 10.6 Å². The molecule has 150 valence electrons. The zero-order valence-corrected chi connectivity index (χ0v) is 16.3. The van der Waals surface area contributed by atoms with E-state index in [0.717, 1.165) is 5.56 Å². The predicted octanol–water partition coefficient (Wildman–Crippen LogP) is 1.45. The number of ether oxygens (including phenoxy) is 2. The van der Waals surface area contributed by atoms with E-state index in [1.54, 1.807) is 31.2 Å². The summed E-state index contributed by atoms with van der Waals surface area (Å²) in [6.45, 7) is 3.77. The quantitative estimate of drug-likeness (QED) is 0.565. The summed E-state index contributed by atoms with van der Waals surface area (Å²) in [6, 6.07) is 6.90. The van der Waals surface area contributed by atoms with Crippen LogP contribution in [0.2, 0.25) is 1.41 Å². The Hall–Kier alpha value is -2.41. The monoisotopic (exact) mass is 380 g/mol. The van der Waals surface area contributed by atoms with E-state index in [-0.39, 0.29) is 18.9 Å². The van der Waals surface area contributed by atoms with Crippen molar-refractivity contribution in [3.05, 3.63) is 35.9 Å². The summed E-state index contributed by atoms with van der Waals surface area (Å²) in [5.41, 5.74) is 0.749. The topological polar surface area (TPSA) is 93.7 Å². The Bertz CT molecular complexity index is 672. The predicted molar refractivity (Wildman–Crippen MR) is 102 cm³/mol. The lowest BCUT2D eigenvalue weighted by Gasteiger charge is -2.23. The van der Waals surface area contributed by atoms with Crippen LogP contribution in [0, 0.1) is 5.92 Å². The van der Waals surface area contributed by atoms with Gasteiger partial charge in [0.2, 0.25) is 5.91 Å². The van der Waals surface area contributed by atoms with Crippen molar-refractivity contribution in [3.8, 4) is 0 Å². The summed E-state index contributed by atoms with van der Waals surface area (Å²) in [6.07, 6.45) is 0.442. The number of carbonyl (C=O) groups is 3. The van der Waals surface area contributed by atoms with Crippen molar-refractivity contribution in [3.63, 3.8) is 0 Å². The van der Waals surface area contributed by atoms with E-state index in [0.29, 0.717) is 11.7 Å². The molecular formula is C20H30N2O5. The maximum atomic E-state index is 13.0. The Morgan fingerprint density at radius 3 is 2.41 bits per heavy atom. The zero-order chi connectivity index (χ0) is 22.0. The highest BCUT2D eigenvalue weighted by molar-refractivity contribution is 5.88. The van der Waals surface area contributed by atoms with Crippen molar-refractivity contribution in [1.29, 1.82) is 0 Å². The number of nitrogens with one attached hydrogen (secondary N) is 2. The van der Waals surface area contributed by atoms with Crippen LogP contribution in [0.1, 0.15) is 34.1 Å². The second kappa shape index (κ2) is 12.1. The summed E-state index contributed by atoms with van der Waals surface area (Å²) in [5.74, 6) is -2.03. The standard InChI is InChI=1S/C20H30N2O5/c1-5-27-18(23)13-21-16(12-15-9-7-6-8-10-15)19(24)22-17(11-14(2)3)20(25)26-4/h6-10,14,16-17,21H,5,11-13H2,1-4H3,(H,22,24)/t16-,17-/m0/s1/i13D/hD/t13?,16-,17-. The number of benzene rings is 1. The van der Waals surface area contributed by atoms with Crippen molar-refractivity contribution < 1.29 is 26.6 Å². The third kappa shape index (κ3) is 8.68. The molecule has 0 fully saturated rings. The van der Waals surface area contributed by atoms with Gasteiger partial charge in [-0.1, -0.05) is 44.2 Å². The van der Waals surface area contributed by atoms with E-state index in [4.69, 9.17) is 12.3 Å². The number of esters is 2. The highest BCUT2D eigenvalue weighted by atomic mass is 16.5. The van der Waals surface area contributed by atoms with E-state index in [1.165, 1.54) is 7.11 Å². The van der Waals surface area contributed by atoms with Gasteiger partial charge in [-0.05, 0) is 31.2 Å². The molecule has 0 spiro atoms. The molecule has 0 aromatic heterocycles. The molecule has 0 saturated carbocycles. The lowest BCUT2D eigenvalue weighted by molar-refractivity contribution is -0.146. The van der Waals surface area contributed by atoms with Crippen molar-refractivity contribution in [2.45, 2.75) is 45.7 Å². The highest BCUT2D eigenvalue weighted by Crippen LogP contribution is 2.08. The Morgan fingerprint density at radius 2 is 1.85 bits per heavy atom. The molecule has 3 atom stereocenters. The van der Waals surface area contributed by atoms with Gasteiger partial charge in [-0.25, -0.2) is 4.79 Å². The fraction of sp³-hybridized carbons (Fsp3) is 0.550. The smallest absolute Gasteiger partial charge is 0.328 e. The van der Waals surface area contributed by atoms with Crippen LogP contribution in [-0.2, 0) is 30.3 Å². The van der Waals surface area contributed by atoms with Crippen LogP contribution in [0.4, 0.5) is 0 Å².